The second-order valence-corrected chi connectivity index (χ2v) is 5.67. The first-order chi connectivity index (χ1) is 10.0. The number of hydrogen-bond donors (Lipinski definition) is 2. The highest BCUT2D eigenvalue weighted by Gasteiger charge is 2.18. The van der Waals surface area contributed by atoms with E-state index in [-0.39, 0.29) is 24.5 Å². The van der Waals surface area contributed by atoms with Crippen LogP contribution in [0.25, 0.3) is 0 Å². The quantitative estimate of drug-likeness (QED) is 0.869. The number of piperidine rings is 1. The van der Waals surface area contributed by atoms with Gasteiger partial charge < -0.3 is 15.4 Å². The smallest absolute Gasteiger partial charge is 0.258 e. The Morgan fingerprint density at radius 1 is 1.43 bits per heavy atom. The molecule has 1 saturated heterocycles. The zero-order chi connectivity index (χ0) is 15.2. The van der Waals surface area contributed by atoms with Gasteiger partial charge in [-0.15, -0.1) is 0 Å². The maximum absolute atomic E-state index is 11.7. The fraction of sp³-hybridized carbons (Fsp3) is 0.429. The Morgan fingerprint density at radius 2 is 2.24 bits per heavy atom. The van der Waals surface area contributed by atoms with Crippen molar-refractivity contribution in [2.24, 2.45) is 0 Å². The third-order valence-corrected chi connectivity index (χ3v) is 3.67. The first kappa shape index (κ1) is 15.9. The van der Waals surface area contributed by atoms with Crippen LogP contribution in [0.4, 0.5) is 0 Å². The molecule has 114 valence electrons. The number of ether oxygens (including phenoxy) is 1. The summed E-state index contributed by atoms with van der Waals surface area (Å²) >= 11 is 11.8. The summed E-state index contributed by atoms with van der Waals surface area (Å²) in [7, 11) is 0. The summed E-state index contributed by atoms with van der Waals surface area (Å²) in [5.41, 5.74) is 0. The van der Waals surface area contributed by atoms with Crippen molar-refractivity contribution in [1.29, 1.82) is 0 Å². The predicted octanol–water partition coefficient (Wildman–Crippen LogP) is 2.16. The molecule has 1 aromatic carbocycles. The zero-order valence-corrected chi connectivity index (χ0v) is 12.8. The van der Waals surface area contributed by atoms with Gasteiger partial charge in [0.1, 0.15) is 5.75 Å². The van der Waals surface area contributed by atoms with Crippen molar-refractivity contribution in [3.8, 4) is 5.75 Å². The van der Waals surface area contributed by atoms with Gasteiger partial charge in [0, 0.05) is 30.1 Å². The zero-order valence-electron chi connectivity index (χ0n) is 11.3. The number of rotatable bonds is 5. The van der Waals surface area contributed by atoms with Crippen LogP contribution < -0.4 is 15.4 Å². The molecule has 0 aliphatic carbocycles. The Labute approximate surface area is 132 Å². The van der Waals surface area contributed by atoms with Crippen LogP contribution in [0, 0.1) is 0 Å². The van der Waals surface area contributed by atoms with Crippen molar-refractivity contribution in [1.82, 2.24) is 10.6 Å². The van der Waals surface area contributed by atoms with Gasteiger partial charge in [-0.25, -0.2) is 0 Å². The maximum Gasteiger partial charge on any atom is 0.258 e. The molecule has 2 N–H and O–H groups in total. The fourth-order valence-electron chi connectivity index (χ4n) is 2.05. The van der Waals surface area contributed by atoms with E-state index in [0.29, 0.717) is 28.8 Å². The standard InChI is InChI=1S/C14H16Cl2N2O3/c15-9-4-5-11(16)12(6-9)21-8-14(20)17-7-10-2-1-3-13(19)18-10/h4-6,10H,1-3,7-8H2,(H,17,20)(H,18,19)/t10-/m1/s1. The molecule has 1 fully saturated rings. The molecule has 1 heterocycles. The van der Waals surface area contributed by atoms with Crippen molar-refractivity contribution < 1.29 is 14.3 Å². The van der Waals surface area contributed by atoms with E-state index >= 15 is 0 Å². The van der Waals surface area contributed by atoms with Crippen molar-refractivity contribution >= 4 is 35.0 Å². The summed E-state index contributed by atoms with van der Waals surface area (Å²) in [6, 6.07) is 4.79. The number of benzene rings is 1. The van der Waals surface area contributed by atoms with Crippen LogP contribution in [0.15, 0.2) is 18.2 Å². The number of nitrogens with one attached hydrogen (secondary N) is 2. The summed E-state index contributed by atoms with van der Waals surface area (Å²) in [5, 5.41) is 6.43. The van der Waals surface area contributed by atoms with Crippen LogP contribution in [0.1, 0.15) is 19.3 Å². The van der Waals surface area contributed by atoms with Gasteiger partial charge in [-0.2, -0.15) is 0 Å². The molecule has 0 aromatic heterocycles. The second kappa shape index (κ2) is 7.52. The van der Waals surface area contributed by atoms with Crippen LogP contribution in [-0.4, -0.2) is 31.0 Å². The summed E-state index contributed by atoms with van der Waals surface area (Å²) in [4.78, 5) is 22.9. The van der Waals surface area contributed by atoms with E-state index < -0.39 is 0 Å². The number of carbonyl (C=O) groups excluding carboxylic acids is 2. The summed E-state index contributed by atoms with van der Waals surface area (Å²) in [5.74, 6) is 0.124. The SMILES string of the molecule is O=C(COc1cc(Cl)ccc1Cl)NC[C@H]1CCCC(=O)N1. The predicted molar refractivity (Wildman–Crippen MR) is 80.7 cm³/mol. The molecule has 21 heavy (non-hydrogen) atoms. The Balaban J connectivity index is 1.74. The molecular formula is C14H16Cl2N2O3. The lowest BCUT2D eigenvalue weighted by molar-refractivity contribution is -0.125. The third kappa shape index (κ3) is 5.10. The second-order valence-electron chi connectivity index (χ2n) is 4.82. The number of halogens is 2. The highest BCUT2D eigenvalue weighted by Crippen LogP contribution is 2.27. The maximum atomic E-state index is 11.7. The molecule has 5 nitrogen and oxygen atoms in total. The topological polar surface area (TPSA) is 67.4 Å². The van der Waals surface area contributed by atoms with Crippen LogP contribution in [0.2, 0.25) is 10.0 Å². The third-order valence-electron chi connectivity index (χ3n) is 3.12. The molecule has 2 rings (SSSR count). The molecule has 0 saturated carbocycles. The van der Waals surface area contributed by atoms with E-state index in [1.165, 1.54) is 0 Å². The van der Waals surface area contributed by atoms with Gasteiger partial charge in [0.25, 0.3) is 5.91 Å². The summed E-state index contributed by atoms with van der Waals surface area (Å²) < 4.78 is 5.32. The van der Waals surface area contributed by atoms with E-state index in [0.717, 1.165) is 12.8 Å². The van der Waals surface area contributed by atoms with E-state index in [9.17, 15) is 9.59 Å². The van der Waals surface area contributed by atoms with Gasteiger partial charge >= 0.3 is 0 Å². The Bertz CT molecular complexity index is 537. The number of amides is 2. The molecular weight excluding hydrogens is 315 g/mol. The van der Waals surface area contributed by atoms with Crippen molar-refractivity contribution in [3.05, 3.63) is 28.2 Å². The average molecular weight is 331 g/mol. The molecule has 0 unspecified atom stereocenters. The Hall–Kier alpha value is -1.46. The van der Waals surface area contributed by atoms with Crippen LogP contribution in [0.3, 0.4) is 0 Å². The van der Waals surface area contributed by atoms with Crippen LogP contribution >= 0.6 is 23.2 Å². The minimum absolute atomic E-state index is 0.00930. The van der Waals surface area contributed by atoms with E-state index in [1.54, 1.807) is 18.2 Å². The van der Waals surface area contributed by atoms with Gasteiger partial charge in [-0.1, -0.05) is 23.2 Å². The average Bonchev–Trinajstić information content (AvgIpc) is 2.46. The fourth-order valence-corrected chi connectivity index (χ4v) is 2.39. The van der Waals surface area contributed by atoms with Gasteiger partial charge in [-0.05, 0) is 25.0 Å². The lowest BCUT2D eigenvalue weighted by Crippen LogP contribution is -2.46. The molecule has 1 aromatic rings. The molecule has 1 atom stereocenters. The van der Waals surface area contributed by atoms with Gasteiger partial charge in [0.15, 0.2) is 6.61 Å². The van der Waals surface area contributed by atoms with Gasteiger partial charge in [-0.3, -0.25) is 9.59 Å². The Kier molecular flexibility index (Phi) is 5.70. The monoisotopic (exact) mass is 330 g/mol. The molecule has 0 bridgehead atoms. The molecule has 0 radical (unpaired) electrons. The molecule has 1 aliphatic heterocycles. The van der Waals surface area contributed by atoms with Crippen molar-refractivity contribution in [2.75, 3.05) is 13.2 Å². The first-order valence-corrected chi connectivity index (χ1v) is 7.44. The van der Waals surface area contributed by atoms with Crippen molar-refractivity contribution in [2.45, 2.75) is 25.3 Å². The van der Waals surface area contributed by atoms with E-state index in [1.807, 2.05) is 0 Å². The van der Waals surface area contributed by atoms with Crippen LogP contribution in [-0.2, 0) is 9.59 Å². The first-order valence-electron chi connectivity index (χ1n) is 6.68. The van der Waals surface area contributed by atoms with Gasteiger partial charge in [0.05, 0.1) is 5.02 Å². The highest BCUT2D eigenvalue weighted by atomic mass is 35.5. The number of hydrogen-bond acceptors (Lipinski definition) is 3. The molecule has 1 aliphatic rings. The molecule has 0 spiro atoms. The summed E-state index contributed by atoms with van der Waals surface area (Å²) in [6.45, 7) is 0.248. The minimum Gasteiger partial charge on any atom is -0.482 e. The highest BCUT2D eigenvalue weighted by molar-refractivity contribution is 6.34. The van der Waals surface area contributed by atoms with Crippen molar-refractivity contribution in [3.63, 3.8) is 0 Å². The largest absolute Gasteiger partial charge is 0.482 e. The lowest BCUT2D eigenvalue weighted by Gasteiger charge is -2.23. The number of carbonyl (C=O) groups is 2. The summed E-state index contributed by atoms with van der Waals surface area (Å²) in [6.07, 6.45) is 2.27. The minimum atomic E-state index is -0.272. The normalized spacial score (nSPS) is 18.0. The van der Waals surface area contributed by atoms with Gasteiger partial charge in [0.2, 0.25) is 5.91 Å². The Morgan fingerprint density at radius 3 is 3.00 bits per heavy atom. The molecule has 2 amide bonds. The lowest BCUT2D eigenvalue weighted by atomic mass is 10.0. The van der Waals surface area contributed by atoms with Crippen LogP contribution in [0.5, 0.6) is 5.75 Å². The molecule has 7 heteroatoms. The van der Waals surface area contributed by atoms with E-state index in [2.05, 4.69) is 10.6 Å². The van der Waals surface area contributed by atoms with E-state index in [4.69, 9.17) is 27.9 Å².